The summed E-state index contributed by atoms with van der Waals surface area (Å²) in [5, 5.41) is 0. The van der Waals surface area contributed by atoms with Gasteiger partial charge in [0.25, 0.3) is 0 Å². The van der Waals surface area contributed by atoms with Crippen LogP contribution >= 0.6 is 22.6 Å². The van der Waals surface area contributed by atoms with Crippen molar-refractivity contribution in [1.82, 2.24) is 0 Å². The first-order chi connectivity index (χ1) is 6.20. The summed E-state index contributed by atoms with van der Waals surface area (Å²) in [5.74, 6) is 4.86. The molecule has 0 heterocycles. The number of hydrogen-bond donors (Lipinski definition) is 2. The predicted molar refractivity (Wildman–Crippen MR) is 58.3 cm³/mol. The lowest BCUT2D eigenvalue weighted by atomic mass is 10.2. The van der Waals surface area contributed by atoms with Crippen LogP contribution in [0.3, 0.4) is 0 Å². The van der Waals surface area contributed by atoms with Crippen molar-refractivity contribution >= 4 is 34.2 Å². The van der Waals surface area contributed by atoms with Gasteiger partial charge in [-0.05, 0) is 34.7 Å². The number of carbonyl (C=O) groups excluding carboxylic acids is 1. The number of methoxy groups -OCH3 is 1. The largest absolute Gasteiger partial charge is 0.465 e. The van der Waals surface area contributed by atoms with Gasteiger partial charge in [-0.1, -0.05) is 6.07 Å². The summed E-state index contributed by atoms with van der Waals surface area (Å²) >= 11 is 2.05. The third-order valence-corrected chi connectivity index (χ3v) is 2.46. The molecule has 0 atom stereocenters. The number of hydrazine groups is 1. The molecule has 0 spiro atoms. The second-order valence-corrected chi connectivity index (χ2v) is 3.46. The van der Waals surface area contributed by atoms with Gasteiger partial charge in [-0.2, -0.15) is 0 Å². The Kier molecular flexibility index (Phi) is 3.49. The molecule has 1 rings (SSSR count). The second-order valence-electron chi connectivity index (χ2n) is 2.30. The van der Waals surface area contributed by atoms with Crippen molar-refractivity contribution in [3.63, 3.8) is 0 Å². The number of esters is 1. The maximum absolute atomic E-state index is 11.3. The molecule has 3 N–H and O–H groups in total. The molecule has 0 radical (unpaired) electrons. The van der Waals surface area contributed by atoms with E-state index >= 15 is 0 Å². The van der Waals surface area contributed by atoms with Crippen LogP contribution < -0.4 is 11.3 Å². The lowest BCUT2D eigenvalue weighted by Gasteiger charge is -2.08. The molecule has 0 bridgehead atoms. The second kappa shape index (κ2) is 4.43. The van der Waals surface area contributed by atoms with Crippen LogP contribution in [0.25, 0.3) is 0 Å². The van der Waals surface area contributed by atoms with E-state index in [0.717, 1.165) is 3.57 Å². The molecule has 4 nitrogen and oxygen atoms in total. The SMILES string of the molecule is COC(=O)c1c(I)cccc1NN. The molecule has 0 aliphatic heterocycles. The van der Waals surface area contributed by atoms with Gasteiger partial charge in [0.1, 0.15) is 0 Å². The van der Waals surface area contributed by atoms with Crippen LogP contribution in [0.5, 0.6) is 0 Å². The average Bonchev–Trinajstić information content (AvgIpc) is 2.16. The van der Waals surface area contributed by atoms with Gasteiger partial charge in [-0.3, -0.25) is 5.84 Å². The number of nitrogens with two attached hydrogens (primary N) is 1. The molecule has 0 aliphatic rings. The van der Waals surface area contributed by atoms with Gasteiger partial charge in [-0.15, -0.1) is 0 Å². The fourth-order valence-corrected chi connectivity index (χ4v) is 1.67. The smallest absolute Gasteiger partial charge is 0.341 e. The van der Waals surface area contributed by atoms with Crippen LogP contribution in [-0.4, -0.2) is 13.1 Å². The standard InChI is InChI=1S/C8H9IN2O2/c1-13-8(12)7-5(9)3-2-4-6(7)11-10/h2-4,11H,10H2,1H3. The lowest BCUT2D eigenvalue weighted by Crippen LogP contribution is -2.14. The number of nitrogen functional groups attached to an aromatic ring is 1. The van der Waals surface area contributed by atoms with E-state index in [-0.39, 0.29) is 0 Å². The van der Waals surface area contributed by atoms with Crippen molar-refractivity contribution in [1.29, 1.82) is 0 Å². The number of hydrogen-bond acceptors (Lipinski definition) is 4. The molecule has 0 fully saturated rings. The monoisotopic (exact) mass is 292 g/mol. The minimum absolute atomic E-state index is 0.391. The molecule has 0 aliphatic carbocycles. The molecule has 70 valence electrons. The number of halogens is 1. The van der Waals surface area contributed by atoms with Crippen molar-refractivity contribution in [2.24, 2.45) is 5.84 Å². The van der Waals surface area contributed by atoms with Gasteiger partial charge < -0.3 is 10.2 Å². The van der Waals surface area contributed by atoms with E-state index < -0.39 is 5.97 Å². The van der Waals surface area contributed by atoms with Crippen LogP contribution in [0.4, 0.5) is 5.69 Å². The molecule has 0 unspecified atom stereocenters. The Balaban J connectivity index is 3.22. The molecular weight excluding hydrogens is 283 g/mol. The Morgan fingerprint density at radius 2 is 2.31 bits per heavy atom. The molecule has 0 aromatic heterocycles. The molecule has 1 aromatic carbocycles. The summed E-state index contributed by atoms with van der Waals surface area (Å²) in [5.41, 5.74) is 3.48. The molecule has 0 saturated heterocycles. The van der Waals surface area contributed by atoms with Crippen molar-refractivity contribution < 1.29 is 9.53 Å². The summed E-state index contributed by atoms with van der Waals surface area (Å²) in [7, 11) is 1.34. The fraction of sp³-hybridized carbons (Fsp3) is 0.125. The summed E-state index contributed by atoms with van der Waals surface area (Å²) in [4.78, 5) is 11.3. The van der Waals surface area contributed by atoms with Crippen LogP contribution in [-0.2, 0) is 4.74 Å². The van der Waals surface area contributed by atoms with E-state index in [1.54, 1.807) is 6.07 Å². The zero-order valence-electron chi connectivity index (χ0n) is 7.00. The van der Waals surface area contributed by atoms with E-state index in [9.17, 15) is 4.79 Å². The minimum Gasteiger partial charge on any atom is -0.465 e. The molecular formula is C8H9IN2O2. The summed E-state index contributed by atoms with van der Waals surface area (Å²) < 4.78 is 5.43. The van der Waals surface area contributed by atoms with Crippen molar-refractivity contribution in [3.8, 4) is 0 Å². The Morgan fingerprint density at radius 3 is 2.85 bits per heavy atom. The Morgan fingerprint density at radius 1 is 1.62 bits per heavy atom. The summed E-state index contributed by atoms with van der Waals surface area (Å²) in [6.07, 6.45) is 0. The third kappa shape index (κ3) is 2.10. The first-order valence-electron chi connectivity index (χ1n) is 3.54. The number of carbonyl (C=O) groups is 1. The highest BCUT2D eigenvalue weighted by Gasteiger charge is 2.14. The number of nitrogens with one attached hydrogen (secondary N) is 1. The third-order valence-electron chi connectivity index (χ3n) is 1.56. The van der Waals surface area contributed by atoms with Crippen LogP contribution in [0.1, 0.15) is 10.4 Å². The van der Waals surface area contributed by atoms with E-state index in [4.69, 9.17) is 5.84 Å². The fourth-order valence-electron chi connectivity index (χ4n) is 0.954. The van der Waals surface area contributed by atoms with Gasteiger partial charge in [0.2, 0.25) is 0 Å². The Labute approximate surface area is 89.6 Å². The first-order valence-corrected chi connectivity index (χ1v) is 4.62. The van der Waals surface area contributed by atoms with Gasteiger partial charge >= 0.3 is 5.97 Å². The number of benzene rings is 1. The highest BCUT2D eigenvalue weighted by atomic mass is 127. The topological polar surface area (TPSA) is 64.3 Å². The zero-order chi connectivity index (χ0) is 9.84. The van der Waals surface area contributed by atoms with Crippen LogP contribution in [0, 0.1) is 3.57 Å². The molecule has 0 saturated carbocycles. The Bertz CT molecular complexity index is 328. The summed E-state index contributed by atoms with van der Waals surface area (Å²) in [6, 6.07) is 5.34. The van der Waals surface area contributed by atoms with Gasteiger partial charge in [0.15, 0.2) is 0 Å². The van der Waals surface area contributed by atoms with Gasteiger partial charge in [0.05, 0.1) is 18.4 Å². The zero-order valence-corrected chi connectivity index (χ0v) is 9.16. The highest BCUT2D eigenvalue weighted by Crippen LogP contribution is 2.21. The predicted octanol–water partition coefficient (Wildman–Crippen LogP) is 1.36. The highest BCUT2D eigenvalue weighted by molar-refractivity contribution is 14.1. The van der Waals surface area contributed by atoms with Crippen molar-refractivity contribution in [3.05, 3.63) is 27.3 Å². The number of anilines is 1. The molecule has 1 aromatic rings. The van der Waals surface area contributed by atoms with Crippen molar-refractivity contribution in [2.45, 2.75) is 0 Å². The number of rotatable bonds is 2. The molecule has 5 heteroatoms. The van der Waals surface area contributed by atoms with E-state index in [0.29, 0.717) is 11.3 Å². The first kappa shape index (κ1) is 10.3. The maximum Gasteiger partial charge on any atom is 0.341 e. The van der Waals surface area contributed by atoms with Gasteiger partial charge in [-0.25, -0.2) is 4.79 Å². The van der Waals surface area contributed by atoms with E-state index in [2.05, 4.69) is 32.8 Å². The maximum atomic E-state index is 11.3. The minimum atomic E-state index is -0.391. The van der Waals surface area contributed by atoms with Crippen LogP contribution in [0.2, 0.25) is 0 Å². The molecule has 13 heavy (non-hydrogen) atoms. The van der Waals surface area contributed by atoms with Crippen molar-refractivity contribution in [2.75, 3.05) is 12.5 Å². The molecule has 0 amide bonds. The normalized spacial score (nSPS) is 9.46. The lowest BCUT2D eigenvalue weighted by molar-refractivity contribution is 0.0600. The van der Waals surface area contributed by atoms with E-state index in [1.807, 2.05) is 12.1 Å². The Hall–Kier alpha value is -0.820. The summed E-state index contributed by atoms with van der Waals surface area (Å²) in [6.45, 7) is 0. The average molecular weight is 292 g/mol. The quantitative estimate of drug-likeness (QED) is 0.374. The van der Waals surface area contributed by atoms with Gasteiger partial charge in [0, 0.05) is 3.57 Å². The van der Waals surface area contributed by atoms with E-state index in [1.165, 1.54) is 7.11 Å². The number of ether oxygens (including phenoxy) is 1. The van der Waals surface area contributed by atoms with Crippen LogP contribution in [0.15, 0.2) is 18.2 Å².